The smallest absolute Gasteiger partial charge is 0.293 e. The maximum absolute atomic E-state index is 11.9. The molecule has 1 N–H and O–H groups in total. The average molecular weight is 247 g/mol. The van der Waals surface area contributed by atoms with Crippen LogP contribution in [-0.2, 0) is 20.7 Å². The van der Waals surface area contributed by atoms with Crippen molar-refractivity contribution in [2.45, 2.75) is 18.9 Å². The van der Waals surface area contributed by atoms with Gasteiger partial charge in [0.05, 0.1) is 5.92 Å². The van der Waals surface area contributed by atoms with Crippen LogP contribution >= 0.6 is 0 Å². The molecule has 1 fully saturated rings. The standard InChI is InChI=1S/C14H17NO3/c16-10-18-14(8-11-4-2-1-3-5-11)12-9-15-7-6-13(12)17/h1-5,10,12,14-15H,6-9H2. The van der Waals surface area contributed by atoms with Gasteiger partial charge in [-0.1, -0.05) is 30.3 Å². The number of nitrogens with one attached hydrogen (secondary N) is 1. The molecular weight excluding hydrogens is 230 g/mol. The lowest BCUT2D eigenvalue weighted by atomic mass is 9.88. The van der Waals surface area contributed by atoms with Gasteiger partial charge in [0.2, 0.25) is 0 Å². The average Bonchev–Trinajstić information content (AvgIpc) is 2.40. The lowest BCUT2D eigenvalue weighted by Gasteiger charge is -2.28. The number of carbonyl (C=O) groups excluding carboxylic acids is 2. The molecule has 96 valence electrons. The molecule has 1 aromatic carbocycles. The fourth-order valence-corrected chi connectivity index (χ4v) is 2.31. The third-order valence-electron chi connectivity index (χ3n) is 3.28. The molecule has 1 aromatic rings. The number of piperidine rings is 1. The monoisotopic (exact) mass is 247 g/mol. The summed E-state index contributed by atoms with van der Waals surface area (Å²) in [6.07, 6.45) is 0.723. The van der Waals surface area contributed by atoms with E-state index in [0.717, 1.165) is 5.56 Å². The summed E-state index contributed by atoms with van der Waals surface area (Å²) in [5.74, 6) is -0.0549. The second kappa shape index (κ2) is 6.31. The van der Waals surface area contributed by atoms with Crippen LogP contribution in [0.15, 0.2) is 30.3 Å². The van der Waals surface area contributed by atoms with E-state index in [1.165, 1.54) is 0 Å². The largest absolute Gasteiger partial charge is 0.463 e. The SMILES string of the molecule is O=COC(Cc1ccccc1)C1CNCCC1=O. The molecule has 0 aromatic heterocycles. The molecule has 4 nitrogen and oxygen atoms in total. The van der Waals surface area contributed by atoms with Crippen LogP contribution in [0.1, 0.15) is 12.0 Å². The van der Waals surface area contributed by atoms with Crippen LogP contribution in [-0.4, -0.2) is 31.4 Å². The maximum atomic E-state index is 11.9. The lowest BCUT2D eigenvalue weighted by Crippen LogP contribution is -2.44. The summed E-state index contributed by atoms with van der Waals surface area (Å²) in [5, 5.41) is 3.17. The highest BCUT2D eigenvalue weighted by molar-refractivity contribution is 5.82. The van der Waals surface area contributed by atoms with Gasteiger partial charge in [0.1, 0.15) is 11.9 Å². The molecule has 0 aliphatic carbocycles. The Morgan fingerprint density at radius 3 is 2.83 bits per heavy atom. The molecule has 0 radical (unpaired) electrons. The summed E-state index contributed by atoms with van der Waals surface area (Å²) < 4.78 is 5.11. The fraction of sp³-hybridized carbons (Fsp3) is 0.429. The van der Waals surface area contributed by atoms with Crippen molar-refractivity contribution in [3.63, 3.8) is 0 Å². The zero-order valence-electron chi connectivity index (χ0n) is 10.2. The highest BCUT2D eigenvalue weighted by atomic mass is 16.5. The Morgan fingerprint density at radius 2 is 2.17 bits per heavy atom. The van der Waals surface area contributed by atoms with E-state index in [4.69, 9.17) is 4.74 Å². The van der Waals surface area contributed by atoms with E-state index in [1.54, 1.807) is 0 Å². The number of rotatable bonds is 5. The van der Waals surface area contributed by atoms with Gasteiger partial charge < -0.3 is 10.1 Å². The fourth-order valence-electron chi connectivity index (χ4n) is 2.31. The number of Topliss-reactive ketones (excluding diaryl/α,β-unsaturated/α-hetero) is 1. The Balaban J connectivity index is 2.07. The first-order chi connectivity index (χ1) is 8.81. The molecule has 2 rings (SSSR count). The molecule has 2 unspecified atom stereocenters. The predicted octanol–water partition coefficient (Wildman–Crippen LogP) is 0.949. The highest BCUT2D eigenvalue weighted by Gasteiger charge is 2.31. The molecule has 1 saturated heterocycles. The van der Waals surface area contributed by atoms with Crippen LogP contribution in [0.3, 0.4) is 0 Å². The first kappa shape index (κ1) is 12.8. The molecule has 0 spiro atoms. The summed E-state index contributed by atoms with van der Waals surface area (Å²) in [6, 6.07) is 9.76. The number of hydrogen-bond donors (Lipinski definition) is 1. The van der Waals surface area contributed by atoms with Crippen molar-refractivity contribution in [3.8, 4) is 0 Å². The van der Waals surface area contributed by atoms with Crippen LogP contribution in [0, 0.1) is 5.92 Å². The first-order valence-corrected chi connectivity index (χ1v) is 6.17. The summed E-state index contributed by atoms with van der Waals surface area (Å²) in [6.45, 7) is 1.74. The third kappa shape index (κ3) is 3.17. The Bertz CT molecular complexity index is 405. The number of ketones is 1. The van der Waals surface area contributed by atoms with Crippen LogP contribution in [0.25, 0.3) is 0 Å². The van der Waals surface area contributed by atoms with Crippen molar-refractivity contribution >= 4 is 12.3 Å². The van der Waals surface area contributed by atoms with E-state index in [9.17, 15) is 9.59 Å². The van der Waals surface area contributed by atoms with Crippen LogP contribution in [0.2, 0.25) is 0 Å². The van der Waals surface area contributed by atoms with Crippen LogP contribution < -0.4 is 5.32 Å². The van der Waals surface area contributed by atoms with Crippen LogP contribution in [0.4, 0.5) is 0 Å². The topological polar surface area (TPSA) is 55.4 Å². The molecule has 0 amide bonds. The molecule has 4 heteroatoms. The molecule has 0 saturated carbocycles. The molecule has 1 aliphatic heterocycles. The number of ether oxygens (including phenoxy) is 1. The van der Waals surface area contributed by atoms with E-state index < -0.39 is 0 Å². The molecule has 18 heavy (non-hydrogen) atoms. The molecular formula is C14H17NO3. The van der Waals surface area contributed by atoms with E-state index in [0.29, 0.717) is 32.4 Å². The minimum absolute atomic E-state index is 0.177. The number of hydrogen-bond acceptors (Lipinski definition) is 4. The van der Waals surface area contributed by atoms with Gasteiger partial charge in [-0.2, -0.15) is 0 Å². The first-order valence-electron chi connectivity index (χ1n) is 6.17. The minimum Gasteiger partial charge on any atom is -0.463 e. The predicted molar refractivity (Wildman–Crippen MR) is 67.1 cm³/mol. The summed E-state index contributed by atoms with van der Waals surface area (Å²) in [5.41, 5.74) is 1.07. The molecule has 2 atom stereocenters. The Morgan fingerprint density at radius 1 is 1.39 bits per heavy atom. The molecule has 1 aliphatic rings. The van der Waals surface area contributed by atoms with Gasteiger partial charge in [-0.3, -0.25) is 9.59 Å². The zero-order valence-corrected chi connectivity index (χ0v) is 10.2. The van der Waals surface area contributed by atoms with Gasteiger partial charge in [-0.05, 0) is 5.56 Å². The summed E-state index contributed by atoms with van der Waals surface area (Å²) >= 11 is 0. The van der Waals surface area contributed by atoms with E-state index in [1.807, 2.05) is 30.3 Å². The third-order valence-corrected chi connectivity index (χ3v) is 3.28. The summed E-state index contributed by atoms with van der Waals surface area (Å²) in [4.78, 5) is 22.5. The minimum atomic E-state index is -0.370. The Kier molecular flexibility index (Phi) is 4.47. The zero-order chi connectivity index (χ0) is 12.8. The van der Waals surface area contributed by atoms with Gasteiger partial charge >= 0.3 is 0 Å². The quantitative estimate of drug-likeness (QED) is 0.787. The second-order valence-corrected chi connectivity index (χ2v) is 4.49. The van der Waals surface area contributed by atoms with E-state index >= 15 is 0 Å². The van der Waals surface area contributed by atoms with Gasteiger partial charge in [0.15, 0.2) is 0 Å². The van der Waals surface area contributed by atoms with Gasteiger partial charge in [-0.25, -0.2) is 0 Å². The maximum Gasteiger partial charge on any atom is 0.293 e. The summed E-state index contributed by atoms with van der Waals surface area (Å²) in [7, 11) is 0. The van der Waals surface area contributed by atoms with Crippen LogP contribution in [0.5, 0.6) is 0 Å². The van der Waals surface area contributed by atoms with Gasteiger partial charge in [0.25, 0.3) is 6.47 Å². The van der Waals surface area contributed by atoms with Crippen molar-refractivity contribution in [1.29, 1.82) is 0 Å². The van der Waals surface area contributed by atoms with Gasteiger partial charge in [-0.15, -0.1) is 0 Å². The Labute approximate surface area is 106 Å². The molecule has 1 heterocycles. The second-order valence-electron chi connectivity index (χ2n) is 4.49. The highest BCUT2D eigenvalue weighted by Crippen LogP contribution is 2.18. The lowest BCUT2D eigenvalue weighted by molar-refractivity contribution is -0.140. The van der Waals surface area contributed by atoms with Crippen molar-refractivity contribution < 1.29 is 14.3 Å². The van der Waals surface area contributed by atoms with Crippen molar-refractivity contribution in [3.05, 3.63) is 35.9 Å². The van der Waals surface area contributed by atoms with Crippen molar-refractivity contribution in [2.24, 2.45) is 5.92 Å². The van der Waals surface area contributed by atoms with Gasteiger partial charge in [0, 0.05) is 25.9 Å². The van der Waals surface area contributed by atoms with E-state index in [2.05, 4.69) is 5.32 Å². The number of benzene rings is 1. The Hall–Kier alpha value is -1.68. The normalized spacial score (nSPS) is 21.3. The number of carbonyl (C=O) groups is 2. The van der Waals surface area contributed by atoms with E-state index in [-0.39, 0.29) is 17.8 Å². The van der Waals surface area contributed by atoms with Crippen molar-refractivity contribution in [1.82, 2.24) is 5.32 Å². The molecule has 0 bridgehead atoms. The van der Waals surface area contributed by atoms with Crippen molar-refractivity contribution in [2.75, 3.05) is 13.1 Å².